The summed E-state index contributed by atoms with van der Waals surface area (Å²) < 4.78 is 2.03. The van der Waals surface area contributed by atoms with Crippen LogP contribution in [0.4, 0.5) is 0 Å². The Kier molecular flexibility index (Phi) is 3.65. The van der Waals surface area contributed by atoms with Crippen LogP contribution in [-0.2, 0) is 4.79 Å². The van der Waals surface area contributed by atoms with Crippen LogP contribution in [0.5, 0.6) is 0 Å². The number of aryl methyl sites for hydroxylation is 1. The molecule has 0 fully saturated rings. The van der Waals surface area contributed by atoms with E-state index in [9.17, 15) is 4.79 Å². The van der Waals surface area contributed by atoms with Crippen molar-refractivity contribution in [1.29, 1.82) is 5.26 Å². The maximum atomic E-state index is 10.7. The van der Waals surface area contributed by atoms with Gasteiger partial charge in [-0.05, 0) is 55.0 Å². The molecule has 1 N–H and O–H groups in total. The second kappa shape index (κ2) is 5.78. The Hall–Kier alpha value is -3.39. The van der Waals surface area contributed by atoms with Gasteiger partial charge < -0.3 is 9.67 Å². The lowest BCUT2D eigenvalue weighted by Gasteiger charge is -2.08. The van der Waals surface area contributed by atoms with Crippen LogP contribution in [-0.4, -0.2) is 20.6 Å². The Morgan fingerprint density at radius 3 is 2.70 bits per heavy atom. The van der Waals surface area contributed by atoms with E-state index < -0.39 is 5.97 Å². The molecule has 0 aliphatic rings. The summed E-state index contributed by atoms with van der Waals surface area (Å²) in [5.41, 5.74) is 4.98. The van der Waals surface area contributed by atoms with Gasteiger partial charge in [0.15, 0.2) is 0 Å². The van der Waals surface area contributed by atoms with Crippen molar-refractivity contribution in [3.05, 3.63) is 65.5 Å². The minimum atomic E-state index is -0.997. The largest absolute Gasteiger partial charge is 0.478 e. The molecule has 112 valence electrons. The van der Waals surface area contributed by atoms with Gasteiger partial charge in [0.2, 0.25) is 0 Å². The van der Waals surface area contributed by atoms with Crippen molar-refractivity contribution in [2.24, 2.45) is 0 Å². The number of nitriles is 1. The summed E-state index contributed by atoms with van der Waals surface area (Å²) in [7, 11) is 0. The SMILES string of the molecule is Cc1cc2ncc(/C=C/C(=O)O)cc2n1-c1ccc(C#N)cc1. The molecule has 2 aromatic heterocycles. The molecule has 23 heavy (non-hydrogen) atoms. The molecule has 0 saturated carbocycles. The number of benzene rings is 1. The molecular weight excluding hydrogens is 290 g/mol. The van der Waals surface area contributed by atoms with E-state index in [1.54, 1.807) is 18.3 Å². The molecule has 2 heterocycles. The van der Waals surface area contributed by atoms with Crippen LogP contribution in [0, 0.1) is 18.3 Å². The van der Waals surface area contributed by atoms with E-state index in [1.807, 2.05) is 35.8 Å². The minimum absolute atomic E-state index is 0.603. The average molecular weight is 303 g/mol. The molecule has 5 heteroatoms. The molecule has 0 aliphatic heterocycles. The van der Waals surface area contributed by atoms with E-state index in [4.69, 9.17) is 10.4 Å². The molecule has 1 aromatic carbocycles. The fourth-order valence-electron chi connectivity index (χ4n) is 2.51. The van der Waals surface area contributed by atoms with Gasteiger partial charge in [-0.3, -0.25) is 4.98 Å². The summed E-state index contributed by atoms with van der Waals surface area (Å²) in [6, 6.07) is 13.3. The fraction of sp³-hybridized carbons (Fsp3) is 0.0556. The molecule has 0 radical (unpaired) electrons. The highest BCUT2D eigenvalue weighted by atomic mass is 16.4. The van der Waals surface area contributed by atoms with Crippen LogP contribution in [0.3, 0.4) is 0 Å². The van der Waals surface area contributed by atoms with Crippen molar-refractivity contribution >= 4 is 23.1 Å². The number of hydrogen-bond acceptors (Lipinski definition) is 3. The zero-order valence-corrected chi connectivity index (χ0v) is 12.4. The predicted molar refractivity (Wildman–Crippen MR) is 87.2 cm³/mol. The third-order valence-electron chi connectivity index (χ3n) is 3.53. The Labute approximate surface area is 132 Å². The lowest BCUT2D eigenvalue weighted by atomic mass is 10.2. The number of fused-ring (bicyclic) bond motifs is 1. The molecule has 3 aromatic rings. The van der Waals surface area contributed by atoms with Gasteiger partial charge in [0.1, 0.15) is 0 Å². The number of rotatable bonds is 3. The summed E-state index contributed by atoms with van der Waals surface area (Å²) >= 11 is 0. The topological polar surface area (TPSA) is 78.9 Å². The second-order valence-corrected chi connectivity index (χ2v) is 5.12. The number of pyridine rings is 1. The van der Waals surface area contributed by atoms with Crippen molar-refractivity contribution in [2.45, 2.75) is 6.92 Å². The molecule has 0 aliphatic carbocycles. The van der Waals surface area contributed by atoms with Crippen molar-refractivity contribution in [3.63, 3.8) is 0 Å². The molecule has 0 atom stereocenters. The van der Waals surface area contributed by atoms with Crippen LogP contribution in [0.1, 0.15) is 16.8 Å². The number of carboxylic acid groups (broad SMARTS) is 1. The Bertz CT molecular complexity index is 960. The van der Waals surface area contributed by atoms with E-state index in [1.165, 1.54) is 6.08 Å². The number of aromatic nitrogens is 2. The van der Waals surface area contributed by atoms with Gasteiger partial charge in [-0.1, -0.05) is 0 Å². The van der Waals surface area contributed by atoms with Crippen molar-refractivity contribution in [3.8, 4) is 11.8 Å². The predicted octanol–water partition coefficient (Wildman–Crippen LogP) is 3.30. The zero-order valence-electron chi connectivity index (χ0n) is 12.4. The third-order valence-corrected chi connectivity index (χ3v) is 3.53. The van der Waals surface area contributed by atoms with Crippen LogP contribution in [0.25, 0.3) is 22.8 Å². The maximum absolute atomic E-state index is 10.7. The van der Waals surface area contributed by atoms with Gasteiger partial charge in [0.05, 0.1) is 22.7 Å². The van der Waals surface area contributed by atoms with E-state index >= 15 is 0 Å². The first-order chi connectivity index (χ1) is 11.1. The van der Waals surface area contributed by atoms with Gasteiger partial charge in [-0.2, -0.15) is 5.26 Å². The molecule has 0 amide bonds. The highest BCUT2D eigenvalue weighted by molar-refractivity contribution is 5.87. The number of carboxylic acids is 1. The van der Waals surface area contributed by atoms with E-state index in [0.717, 1.165) is 28.5 Å². The highest BCUT2D eigenvalue weighted by Gasteiger charge is 2.09. The Balaban J connectivity index is 2.15. The number of nitrogens with zero attached hydrogens (tertiary/aromatic N) is 3. The molecule has 0 spiro atoms. The highest BCUT2D eigenvalue weighted by Crippen LogP contribution is 2.24. The molecule has 3 rings (SSSR count). The average Bonchev–Trinajstić information content (AvgIpc) is 2.88. The first kappa shape index (κ1) is 14.5. The summed E-state index contributed by atoms with van der Waals surface area (Å²) in [6.07, 6.45) is 4.25. The standard InChI is InChI=1S/C18H13N3O2/c1-12-8-16-17(9-14(11-20-16)4-7-18(22)23)21(12)15-5-2-13(10-19)3-6-15/h2-9,11H,1H3,(H,22,23)/b7-4+. The van der Waals surface area contributed by atoms with Gasteiger partial charge in [-0.25, -0.2) is 4.79 Å². The van der Waals surface area contributed by atoms with Crippen LogP contribution >= 0.6 is 0 Å². The third kappa shape index (κ3) is 2.83. The fourth-order valence-corrected chi connectivity index (χ4v) is 2.51. The van der Waals surface area contributed by atoms with Crippen LogP contribution < -0.4 is 0 Å². The van der Waals surface area contributed by atoms with Gasteiger partial charge in [0.25, 0.3) is 0 Å². The summed E-state index contributed by atoms with van der Waals surface area (Å²) in [4.78, 5) is 15.0. The molecular formula is C18H13N3O2. The van der Waals surface area contributed by atoms with E-state index in [-0.39, 0.29) is 0 Å². The van der Waals surface area contributed by atoms with E-state index in [2.05, 4.69) is 11.1 Å². The molecule has 0 bridgehead atoms. The first-order valence-corrected chi connectivity index (χ1v) is 6.98. The van der Waals surface area contributed by atoms with Crippen LogP contribution in [0.15, 0.2) is 48.7 Å². The summed E-state index contributed by atoms with van der Waals surface area (Å²) in [5, 5.41) is 17.6. The molecule has 0 saturated heterocycles. The number of aliphatic carboxylic acids is 1. The summed E-state index contributed by atoms with van der Waals surface area (Å²) in [6.45, 7) is 1.98. The van der Waals surface area contributed by atoms with Gasteiger partial charge in [-0.15, -0.1) is 0 Å². The normalized spacial score (nSPS) is 11.0. The van der Waals surface area contributed by atoms with Crippen molar-refractivity contribution in [2.75, 3.05) is 0 Å². The smallest absolute Gasteiger partial charge is 0.328 e. The van der Waals surface area contributed by atoms with Crippen molar-refractivity contribution in [1.82, 2.24) is 9.55 Å². The Morgan fingerprint density at radius 1 is 1.30 bits per heavy atom. The number of carbonyl (C=O) groups is 1. The molecule has 0 unspecified atom stereocenters. The minimum Gasteiger partial charge on any atom is -0.478 e. The van der Waals surface area contributed by atoms with Gasteiger partial charge >= 0.3 is 5.97 Å². The van der Waals surface area contributed by atoms with Crippen molar-refractivity contribution < 1.29 is 9.90 Å². The maximum Gasteiger partial charge on any atom is 0.328 e. The van der Waals surface area contributed by atoms with E-state index in [0.29, 0.717) is 11.1 Å². The zero-order chi connectivity index (χ0) is 16.4. The second-order valence-electron chi connectivity index (χ2n) is 5.12. The Morgan fingerprint density at radius 2 is 2.04 bits per heavy atom. The molecule has 5 nitrogen and oxygen atoms in total. The lowest BCUT2D eigenvalue weighted by Crippen LogP contribution is -1.96. The quantitative estimate of drug-likeness (QED) is 0.753. The number of hydrogen-bond donors (Lipinski definition) is 1. The monoisotopic (exact) mass is 303 g/mol. The van der Waals surface area contributed by atoms with Crippen LogP contribution in [0.2, 0.25) is 0 Å². The first-order valence-electron chi connectivity index (χ1n) is 6.98. The summed E-state index contributed by atoms with van der Waals surface area (Å²) in [5.74, 6) is -0.997. The van der Waals surface area contributed by atoms with Gasteiger partial charge in [0, 0.05) is 23.7 Å². The lowest BCUT2D eigenvalue weighted by molar-refractivity contribution is -0.131.